The number of para-hydroxylation sites is 1. The summed E-state index contributed by atoms with van der Waals surface area (Å²) in [6.07, 6.45) is -11.7. The molecule has 0 spiro atoms. The predicted molar refractivity (Wildman–Crippen MR) is 168 cm³/mol. The molecule has 0 saturated heterocycles. The largest absolute Gasteiger partial charge is 0.461 e. The number of amides is 2. The first kappa shape index (κ1) is 36.0. The molecule has 4 rings (SSSR count). The smallest absolute Gasteiger partial charge is 0.428 e. The van der Waals surface area contributed by atoms with Crippen LogP contribution in [0.3, 0.4) is 0 Å². The van der Waals surface area contributed by atoms with E-state index in [0.717, 1.165) is 35.5 Å². The lowest BCUT2D eigenvalue weighted by atomic mass is 10.0. The highest BCUT2D eigenvalue weighted by molar-refractivity contribution is 7.99. The quantitative estimate of drug-likeness (QED) is 0.0660. The summed E-state index contributed by atoms with van der Waals surface area (Å²) in [5.41, 5.74) is 0.589. The average molecular weight is 696 g/mol. The first-order valence-corrected chi connectivity index (χ1v) is 15.1. The molecular weight excluding hydrogens is 667 g/mol. The van der Waals surface area contributed by atoms with E-state index in [1.807, 2.05) is 30.3 Å². The van der Waals surface area contributed by atoms with E-state index in [1.165, 1.54) is 40.9 Å². The van der Waals surface area contributed by atoms with Crippen LogP contribution in [0.1, 0.15) is 27.9 Å². The number of carbonyl (C=O) groups is 2. The van der Waals surface area contributed by atoms with E-state index >= 15 is 0 Å². The fourth-order valence-electron chi connectivity index (χ4n) is 4.33. The molecular formula is C32H28F7N5O3S. The van der Waals surface area contributed by atoms with Crippen LogP contribution in [0.4, 0.5) is 36.4 Å². The van der Waals surface area contributed by atoms with Gasteiger partial charge in [-0.1, -0.05) is 42.5 Å². The van der Waals surface area contributed by atoms with Crippen molar-refractivity contribution in [2.24, 2.45) is 5.10 Å². The number of hydrogen-bond acceptors (Lipinski definition) is 7. The summed E-state index contributed by atoms with van der Waals surface area (Å²) < 4.78 is 97.5. The molecule has 0 aliphatic rings. The molecule has 4 aromatic rings. The molecule has 2 amide bonds. The minimum atomic E-state index is -4.77. The Balaban J connectivity index is 1.68. The number of hydrazone groups is 1. The van der Waals surface area contributed by atoms with Crippen molar-refractivity contribution in [1.29, 1.82) is 0 Å². The number of halogens is 7. The van der Waals surface area contributed by atoms with Gasteiger partial charge in [0.25, 0.3) is 5.91 Å². The Morgan fingerprint density at radius 2 is 1.71 bits per heavy atom. The van der Waals surface area contributed by atoms with E-state index in [9.17, 15) is 40.3 Å². The Bertz CT molecular complexity index is 1770. The van der Waals surface area contributed by atoms with Crippen LogP contribution in [-0.4, -0.2) is 66.3 Å². The Morgan fingerprint density at radius 3 is 2.38 bits per heavy atom. The van der Waals surface area contributed by atoms with Gasteiger partial charge in [0.1, 0.15) is 5.75 Å². The van der Waals surface area contributed by atoms with Crippen LogP contribution in [0.5, 0.6) is 5.75 Å². The maximum atomic E-state index is 13.9. The maximum absolute atomic E-state index is 13.9. The summed E-state index contributed by atoms with van der Waals surface area (Å²) >= 11 is 1.39. The van der Waals surface area contributed by atoms with Crippen molar-refractivity contribution < 1.29 is 45.1 Å². The Labute approximate surface area is 274 Å². The van der Waals surface area contributed by atoms with Crippen molar-refractivity contribution in [2.45, 2.75) is 36.1 Å². The molecule has 1 atom stereocenters. The van der Waals surface area contributed by atoms with Crippen LogP contribution in [0, 0.1) is 0 Å². The van der Waals surface area contributed by atoms with Gasteiger partial charge in [-0.2, -0.15) is 35.8 Å². The van der Waals surface area contributed by atoms with Gasteiger partial charge in [0.15, 0.2) is 0 Å². The van der Waals surface area contributed by atoms with Crippen molar-refractivity contribution in [3.05, 3.63) is 95.7 Å². The van der Waals surface area contributed by atoms with E-state index in [4.69, 9.17) is 0 Å². The van der Waals surface area contributed by atoms with Crippen molar-refractivity contribution in [1.82, 2.24) is 15.3 Å². The van der Waals surface area contributed by atoms with E-state index < -0.39 is 47.5 Å². The van der Waals surface area contributed by atoms with Crippen LogP contribution < -0.4 is 15.5 Å². The molecule has 0 radical (unpaired) electrons. The van der Waals surface area contributed by atoms with Gasteiger partial charge in [-0.05, 0) is 35.9 Å². The Hall–Kier alpha value is -4.86. The number of hydrogen-bond donors (Lipinski definition) is 2. The monoisotopic (exact) mass is 695 g/mol. The molecule has 1 heterocycles. The molecule has 1 aromatic heterocycles. The topological polar surface area (TPSA) is 95.9 Å². The minimum Gasteiger partial charge on any atom is -0.428 e. The van der Waals surface area contributed by atoms with Gasteiger partial charge in [-0.15, -0.1) is 11.8 Å². The van der Waals surface area contributed by atoms with Gasteiger partial charge in [0.2, 0.25) is 5.91 Å². The van der Waals surface area contributed by atoms with Crippen LogP contribution in [-0.2, 0) is 11.0 Å². The lowest BCUT2D eigenvalue weighted by Crippen LogP contribution is -2.33. The number of pyridine rings is 1. The minimum absolute atomic E-state index is 0.0337. The molecule has 2 N–H and O–H groups in total. The number of thioether (sulfide) groups is 1. The van der Waals surface area contributed by atoms with Gasteiger partial charge < -0.3 is 15.0 Å². The number of fused-ring (bicyclic) bond motifs is 1. The molecule has 0 saturated carbocycles. The molecule has 48 heavy (non-hydrogen) atoms. The van der Waals surface area contributed by atoms with Crippen LogP contribution in [0.15, 0.2) is 89.0 Å². The second-order valence-corrected chi connectivity index (χ2v) is 11.5. The molecule has 3 aromatic carbocycles. The lowest BCUT2D eigenvalue weighted by molar-refractivity contribution is -0.253. The summed E-state index contributed by atoms with van der Waals surface area (Å²) in [4.78, 5) is 32.3. The standard InChI is InChI=1S/C32H28F7N5O3S/c1-44(2)26(45)15-20(18-48-22-10-4-3-5-11-22)42-27-23-12-7-13-25(31(35,36)37)28(23)40-17-24(27)29(46)43-41-16-19-8-6-9-21(14-19)47-32(38,39)30(33)34/h3-14,16-17,20,30H,15,18H2,1-2H3,(H,40,42)(H,43,46)/b41-16+/t20-/m1/s1. The third-order valence-electron chi connectivity index (χ3n) is 6.66. The zero-order valence-electron chi connectivity index (χ0n) is 25.3. The number of nitrogens with one attached hydrogen (secondary N) is 2. The zero-order chi connectivity index (χ0) is 35.1. The van der Waals surface area contributed by atoms with Gasteiger partial charge in [0.05, 0.1) is 28.5 Å². The molecule has 0 fully saturated rings. The number of ether oxygens (including phenoxy) is 1. The molecule has 0 aliphatic heterocycles. The summed E-state index contributed by atoms with van der Waals surface area (Å²) in [6.45, 7) is 0. The molecule has 0 unspecified atom stereocenters. The van der Waals surface area contributed by atoms with E-state index in [2.05, 4.69) is 25.6 Å². The molecule has 16 heteroatoms. The summed E-state index contributed by atoms with van der Waals surface area (Å²) in [5, 5.41) is 6.85. The second-order valence-electron chi connectivity index (χ2n) is 10.4. The molecule has 254 valence electrons. The van der Waals surface area contributed by atoms with Crippen LogP contribution >= 0.6 is 11.8 Å². The van der Waals surface area contributed by atoms with Gasteiger partial charge in [0, 0.05) is 48.8 Å². The Kier molecular flexibility index (Phi) is 11.5. The summed E-state index contributed by atoms with van der Waals surface area (Å²) in [5.74, 6) is -1.49. The molecule has 0 aliphatic carbocycles. The van der Waals surface area contributed by atoms with Crippen molar-refractivity contribution >= 4 is 46.4 Å². The van der Waals surface area contributed by atoms with Crippen molar-refractivity contribution in [2.75, 3.05) is 25.2 Å². The first-order valence-electron chi connectivity index (χ1n) is 14.1. The fraction of sp³-hybridized carbons (Fsp3) is 0.250. The van der Waals surface area contributed by atoms with Crippen molar-refractivity contribution in [3.63, 3.8) is 0 Å². The third kappa shape index (κ3) is 9.36. The first-order chi connectivity index (χ1) is 22.7. The number of alkyl halides is 7. The fourth-order valence-corrected chi connectivity index (χ4v) is 5.27. The third-order valence-corrected chi connectivity index (χ3v) is 7.83. The highest BCUT2D eigenvalue weighted by atomic mass is 32.2. The van der Waals surface area contributed by atoms with Gasteiger partial charge in [-0.25, -0.2) is 5.43 Å². The van der Waals surface area contributed by atoms with Gasteiger partial charge >= 0.3 is 18.7 Å². The van der Waals surface area contributed by atoms with E-state index in [0.29, 0.717) is 0 Å². The average Bonchev–Trinajstić information content (AvgIpc) is 3.03. The predicted octanol–water partition coefficient (Wildman–Crippen LogP) is 7.31. The normalized spacial score (nSPS) is 12.7. The number of aromatic nitrogens is 1. The molecule has 0 bridgehead atoms. The summed E-state index contributed by atoms with van der Waals surface area (Å²) in [6, 6.07) is 16.5. The highest BCUT2D eigenvalue weighted by Gasteiger charge is 2.44. The maximum Gasteiger partial charge on any atom is 0.461 e. The molecule has 8 nitrogen and oxygen atoms in total. The Morgan fingerprint density at radius 1 is 1.00 bits per heavy atom. The zero-order valence-corrected chi connectivity index (χ0v) is 26.1. The number of nitrogens with zero attached hydrogens (tertiary/aromatic N) is 3. The number of benzene rings is 3. The summed E-state index contributed by atoms with van der Waals surface area (Å²) in [7, 11) is 3.12. The SMILES string of the molecule is CN(C)C(=O)C[C@H](CSc1ccccc1)Nc1c(C(=O)N/N=C/c2cccc(OC(F)(F)C(F)F)c2)cnc2c(C(F)(F)F)cccc12. The number of anilines is 1. The second kappa shape index (κ2) is 15.4. The van der Waals surface area contributed by atoms with Crippen molar-refractivity contribution in [3.8, 4) is 5.75 Å². The van der Waals surface area contributed by atoms with E-state index in [1.54, 1.807) is 14.1 Å². The highest BCUT2D eigenvalue weighted by Crippen LogP contribution is 2.37. The lowest BCUT2D eigenvalue weighted by Gasteiger charge is -2.24. The number of rotatable bonds is 13. The van der Waals surface area contributed by atoms with Crippen LogP contribution in [0.25, 0.3) is 10.9 Å². The van der Waals surface area contributed by atoms with Gasteiger partial charge in [-0.3, -0.25) is 14.6 Å². The van der Waals surface area contributed by atoms with Crippen LogP contribution in [0.2, 0.25) is 0 Å². The van der Waals surface area contributed by atoms with E-state index in [-0.39, 0.29) is 40.3 Å². The number of carbonyl (C=O) groups excluding carboxylic acids is 2.